The molecule has 0 aromatic heterocycles. The molecule has 110 valence electrons. The van der Waals surface area contributed by atoms with Crippen LogP contribution in [0.4, 0.5) is 0 Å². The lowest BCUT2D eigenvalue weighted by atomic mass is 10.1. The van der Waals surface area contributed by atoms with Crippen LogP contribution in [0, 0.1) is 0 Å². The highest BCUT2D eigenvalue weighted by Gasteiger charge is 2.20. The van der Waals surface area contributed by atoms with E-state index in [0.717, 1.165) is 0 Å². The lowest BCUT2D eigenvalue weighted by Crippen LogP contribution is -2.35. The van der Waals surface area contributed by atoms with E-state index >= 15 is 0 Å². The van der Waals surface area contributed by atoms with Crippen LogP contribution in [0.1, 0.15) is 18.5 Å². The summed E-state index contributed by atoms with van der Waals surface area (Å²) in [6, 6.07) is 3.39. The Morgan fingerprint density at radius 2 is 2.05 bits per heavy atom. The van der Waals surface area contributed by atoms with Gasteiger partial charge in [-0.2, -0.15) is 0 Å². The van der Waals surface area contributed by atoms with Crippen molar-refractivity contribution in [1.29, 1.82) is 0 Å². The number of aromatic hydroxyl groups is 1. The van der Waals surface area contributed by atoms with E-state index in [1.807, 2.05) is 0 Å². The first kappa shape index (κ1) is 15.8. The van der Waals surface area contributed by atoms with Gasteiger partial charge >= 0.3 is 5.97 Å². The zero-order chi connectivity index (χ0) is 15.1. The third-order valence-electron chi connectivity index (χ3n) is 2.63. The summed E-state index contributed by atoms with van der Waals surface area (Å²) in [5.74, 6) is -1.08. The molecule has 7 heteroatoms. The number of carbonyl (C=O) groups excluding carboxylic acids is 1. The first-order valence-corrected chi connectivity index (χ1v) is 6.03. The number of phenolic OH excluding ortho intramolecular Hbond substituents is 1. The number of ether oxygens (including phenoxy) is 1. The highest BCUT2D eigenvalue weighted by atomic mass is 16.5. The molecule has 0 aliphatic heterocycles. The molecular formula is C13H18N2O5. The SMILES string of the molecule is COc1cc(C(NCCNC(C)=O)C(=O)O)ccc1O. The maximum absolute atomic E-state index is 11.3. The van der Waals surface area contributed by atoms with E-state index in [-0.39, 0.29) is 17.4 Å². The second-order valence-corrected chi connectivity index (χ2v) is 4.14. The Hall–Kier alpha value is -2.28. The minimum absolute atomic E-state index is 0.0568. The van der Waals surface area contributed by atoms with Crippen molar-refractivity contribution < 1.29 is 24.5 Å². The minimum Gasteiger partial charge on any atom is -0.504 e. The van der Waals surface area contributed by atoms with Gasteiger partial charge in [-0.25, -0.2) is 0 Å². The molecule has 0 spiro atoms. The Kier molecular flexibility index (Phi) is 5.79. The fourth-order valence-electron chi connectivity index (χ4n) is 1.68. The lowest BCUT2D eigenvalue weighted by molar-refractivity contribution is -0.139. The lowest BCUT2D eigenvalue weighted by Gasteiger charge is -2.16. The molecular weight excluding hydrogens is 264 g/mol. The summed E-state index contributed by atoms with van der Waals surface area (Å²) in [7, 11) is 1.39. The maximum atomic E-state index is 11.3. The molecule has 1 atom stereocenters. The molecule has 1 amide bonds. The Morgan fingerprint density at radius 3 is 2.60 bits per heavy atom. The summed E-state index contributed by atoms with van der Waals surface area (Å²) in [4.78, 5) is 22.0. The van der Waals surface area contributed by atoms with Crippen molar-refractivity contribution in [1.82, 2.24) is 10.6 Å². The number of benzene rings is 1. The van der Waals surface area contributed by atoms with Crippen LogP contribution in [0.5, 0.6) is 11.5 Å². The normalized spacial score (nSPS) is 11.7. The van der Waals surface area contributed by atoms with Gasteiger partial charge in [0.1, 0.15) is 6.04 Å². The molecule has 0 radical (unpaired) electrons. The number of aliphatic carboxylic acids is 1. The van der Waals surface area contributed by atoms with Gasteiger partial charge in [-0.05, 0) is 17.7 Å². The van der Waals surface area contributed by atoms with Gasteiger partial charge in [0.2, 0.25) is 5.91 Å². The first-order valence-electron chi connectivity index (χ1n) is 6.03. The average Bonchev–Trinajstić information content (AvgIpc) is 2.39. The minimum atomic E-state index is -1.06. The molecule has 0 heterocycles. The monoisotopic (exact) mass is 282 g/mol. The van der Waals surface area contributed by atoms with Gasteiger partial charge in [-0.1, -0.05) is 6.07 Å². The fraction of sp³-hybridized carbons (Fsp3) is 0.385. The van der Waals surface area contributed by atoms with E-state index in [0.29, 0.717) is 18.7 Å². The maximum Gasteiger partial charge on any atom is 0.325 e. The van der Waals surface area contributed by atoms with E-state index < -0.39 is 12.0 Å². The quantitative estimate of drug-likeness (QED) is 0.534. The molecule has 1 rings (SSSR count). The average molecular weight is 282 g/mol. The van der Waals surface area contributed by atoms with Crippen LogP contribution in [-0.2, 0) is 9.59 Å². The number of carboxylic acids is 1. The molecule has 1 aromatic carbocycles. The number of methoxy groups -OCH3 is 1. The molecule has 0 bridgehead atoms. The van der Waals surface area contributed by atoms with Crippen LogP contribution in [0.25, 0.3) is 0 Å². The smallest absolute Gasteiger partial charge is 0.325 e. The van der Waals surface area contributed by atoms with Gasteiger partial charge in [0.25, 0.3) is 0 Å². The summed E-state index contributed by atoms with van der Waals surface area (Å²) in [6.45, 7) is 2.02. The van der Waals surface area contributed by atoms with E-state index in [4.69, 9.17) is 4.74 Å². The number of hydrogen-bond acceptors (Lipinski definition) is 5. The van der Waals surface area contributed by atoms with Gasteiger partial charge in [-0.15, -0.1) is 0 Å². The molecule has 0 saturated heterocycles. The molecule has 0 aliphatic carbocycles. The number of rotatable bonds is 7. The molecule has 0 aliphatic rings. The van der Waals surface area contributed by atoms with E-state index in [2.05, 4.69) is 10.6 Å². The van der Waals surface area contributed by atoms with E-state index in [1.54, 1.807) is 0 Å². The van der Waals surface area contributed by atoms with Crippen LogP contribution >= 0.6 is 0 Å². The van der Waals surface area contributed by atoms with Gasteiger partial charge in [0, 0.05) is 20.0 Å². The van der Waals surface area contributed by atoms with Crippen molar-refractivity contribution in [2.24, 2.45) is 0 Å². The van der Waals surface area contributed by atoms with Crippen molar-refractivity contribution in [2.75, 3.05) is 20.2 Å². The standard InChI is InChI=1S/C13H18N2O5/c1-8(16)14-5-6-15-12(13(18)19)9-3-4-10(17)11(7-9)20-2/h3-4,7,12,15,17H,5-6H2,1-2H3,(H,14,16)(H,18,19). The Morgan fingerprint density at radius 1 is 1.35 bits per heavy atom. The predicted octanol–water partition coefficient (Wildman–Crippen LogP) is 0.252. The van der Waals surface area contributed by atoms with Crippen molar-refractivity contribution in [3.63, 3.8) is 0 Å². The number of carboxylic acid groups (broad SMARTS) is 1. The van der Waals surface area contributed by atoms with E-state index in [9.17, 15) is 19.8 Å². The summed E-state index contributed by atoms with van der Waals surface area (Å²) in [5.41, 5.74) is 0.454. The van der Waals surface area contributed by atoms with Crippen LogP contribution in [0.15, 0.2) is 18.2 Å². The summed E-state index contributed by atoms with van der Waals surface area (Å²) in [5, 5.41) is 24.1. The molecule has 1 aromatic rings. The van der Waals surface area contributed by atoms with Gasteiger partial charge < -0.3 is 20.3 Å². The van der Waals surface area contributed by atoms with Gasteiger partial charge in [-0.3, -0.25) is 14.9 Å². The van der Waals surface area contributed by atoms with Crippen LogP contribution in [-0.4, -0.2) is 42.3 Å². The topological polar surface area (TPSA) is 108 Å². The Bertz CT molecular complexity index is 490. The largest absolute Gasteiger partial charge is 0.504 e. The van der Waals surface area contributed by atoms with Gasteiger partial charge in [0.05, 0.1) is 7.11 Å². The predicted molar refractivity (Wildman–Crippen MR) is 71.7 cm³/mol. The first-order chi connectivity index (χ1) is 9.45. The molecule has 0 fully saturated rings. The molecule has 4 N–H and O–H groups in total. The number of hydrogen-bond donors (Lipinski definition) is 4. The second-order valence-electron chi connectivity index (χ2n) is 4.14. The zero-order valence-electron chi connectivity index (χ0n) is 11.3. The molecule has 20 heavy (non-hydrogen) atoms. The van der Waals surface area contributed by atoms with Crippen molar-refractivity contribution >= 4 is 11.9 Å². The second kappa shape index (κ2) is 7.34. The number of phenols is 1. The van der Waals surface area contributed by atoms with Gasteiger partial charge in [0.15, 0.2) is 11.5 Å². The molecule has 0 saturated carbocycles. The van der Waals surface area contributed by atoms with Crippen LogP contribution < -0.4 is 15.4 Å². The summed E-state index contributed by atoms with van der Waals surface area (Å²) < 4.78 is 4.94. The Balaban J connectivity index is 2.75. The zero-order valence-corrected chi connectivity index (χ0v) is 11.3. The van der Waals surface area contributed by atoms with Crippen molar-refractivity contribution in [3.8, 4) is 11.5 Å². The highest BCUT2D eigenvalue weighted by molar-refractivity contribution is 5.76. The summed E-state index contributed by atoms with van der Waals surface area (Å²) in [6.07, 6.45) is 0. The fourth-order valence-corrected chi connectivity index (χ4v) is 1.68. The highest BCUT2D eigenvalue weighted by Crippen LogP contribution is 2.28. The third-order valence-corrected chi connectivity index (χ3v) is 2.63. The molecule has 7 nitrogen and oxygen atoms in total. The van der Waals surface area contributed by atoms with Crippen molar-refractivity contribution in [2.45, 2.75) is 13.0 Å². The number of nitrogens with one attached hydrogen (secondary N) is 2. The van der Waals surface area contributed by atoms with Crippen molar-refractivity contribution in [3.05, 3.63) is 23.8 Å². The van der Waals surface area contributed by atoms with Crippen LogP contribution in [0.3, 0.4) is 0 Å². The third kappa shape index (κ3) is 4.43. The van der Waals surface area contributed by atoms with Crippen LogP contribution in [0.2, 0.25) is 0 Å². The summed E-state index contributed by atoms with van der Waals surface area (Å²) >= 11 is 0. The molecule has 1 unspecified atom stereocenters. The number of carbonyl (C=O) groups is 2. The Labute approximate surface area is 116 Å². The van der Waals surface area contributed by atoms with E-state index in [1.165, 1.54) is 32.2 Å². The number of amides is 1.